The third-order valence-electron chi connectivity index (χ3n) is 4.36. The van der Waals surface area contributed by atoms with Crippen molar-refractivity contribution in [2.24, 2.45) is 0 Å². The summed E-state index contributed by atoms with van der Waals surface area (Å²) in [6, 6.07) is 9.82. The number of aromatic carboxylic acids is 1. The van der Waals surface area contributed by atoms with Crippen LogP contribution in [0.1, 0.15) is 28.8 Å². The summed E-state index contributed by atoms with van der Waals surface area (Å²) in [5.74, 6) is -2.88. The Balaban J connectivity index is 1.56. The zero-order chi connectivity index (χ0) is 22.5. The minimum absolute atomic E-state index is 0.0622. The van der Waals surface area contributed by atoms with Gasteiger partial charge in [0.05, 0.1) is 4.91 Å². The molecule has 0 spiro atoms. The molecule has 1 heterocycles. The summed E-state index contributed by atoms with van der Waals surface area (Å²) in [5.41, 5.74) is 0.202. The van der Waals surface area contributed by atoms with Crippen molar-refractivity contribution in [1.82, 2.24) is 4.90 Å². The van der Waals surface area contributed by atoms with Gasteiger partial charge in [-0.3, -0.25) is 14.5 Å². The molecule has 1 aliphatic heterocycles. The molecule has 3 N–H and O–H groups in total. The summed E-state index contributed by atoms with van der Waals surface area (Å²) in [4.78, 5) is 37.4. The van der Waals surface area contributed by atoms with Crippen LogP contribution in [0, 0.1) is 5.82 Å². The molecule has 0 aromatic heterocycles. The average molecular weight is 461 g/mol. The molecule has 2 amide bonds. The fourth-order valence-corrected chi connectivity index (χ4v) is 4.13. The number of benzene rings is 2. The monoisotopic (exact) mass is 460 g/mol. The van der Waals surface area contributed by atoms with E-state index in [9.17, 15) is 23.9 Å². The summed E-state index contributed by atoms with van der Waals surface area (Å²) in [5, 5.41) is 21.1. The van der Waals surface area contributed by atoms with E-state index in [1.165, 1.54) is 29.2 Å². The molecule has 0 radical (unpaired) electrons. The van der Waals surface area contributed by atoms with Crippen LogP contribution in [-0.4, -0.2) is 43.8 Å². The van der Waals surface area contributed by atoms with E-state index in [4.69, 9.17) is 17.3 Å². The SMILES string of the molecule is O=C(CCCN1C(=O)/C(=C/c2ccccc2F)SC1=S)Nc1ccc(O)c(C(=O)O)c1. The summed E-state index contributed by atoms with van der Waals surface area (Å²) in [6.45, 7) is 0.211. The number of thioether (sulfide) groups is 1. The van der Waals surface area contributed by atoms with Crippen molar-refractivity contribution in [3.05, 3.63) is 64.3 Å². The molecular formula is C21H17FN2O5S2. The molecule has 0 saturated carbocycles. The number of carbonyl (C=O) groups excluding carboxylic acids is 2. The first-order chi connectivity index (χ1) is 14.8. The molecule has 10 heteroatoms. The van der Waals surface area contributed by atoms with Crippen LogP contribution in [-0.2, 0) is 9.59 Å². The normalized spacial score (nSPS) is 14.9. The maximum Gasteiger partial charge on any atom is 0.339 e. The number of aromatic hydroxyl groups is 1. The fourth-order valence-electron chi connectivity index (χ4n) is 2.83. The van der Waals surface area contributed by atoms with Crippen LogP contribution in [0.4, 0.5) is 10.1 Å². The highest BCUT2D eigenvalue weighted by molar-refractivity contribution is 8.26. The van der Waals surface area contributed by atoms with Crippen molar-refractivity contribution < 1.29 is 29.0 Å². The Morgan fingerprint density at radius 3 is 2.68 bits per heavy atom. The standard InChI is InChI=1S/C21H17FN2O5S2/c22-15-5-2-1-4-12(15)10-17-19(27)24(21(30)31-17)9-3-6-18(26)23-13-7-8-16(25)14(11-13)20(28)29/h1-2,4-5,7-8,10-11,25H,3,6,9H2,(H,23,26)(H,28,29)/b17-10-. The van der Waals surface area contributed by atoms with Gasteiger partial charge in [0.2, 0.25) is 5.91 Å². The first kappa shape index (κ1) is 22.4. The molecule has 1 saturated heterocycles. The highest BCUT2D eigenvalue weighted by Gasteiger charge is 2.31. The summed E-state index contributed by atoms with van der Waals surface area (Å²) in [6.07, 6.45) is 1.83. The lowest BCUT2D eigenvalue weighted by Gasteiger charge is -2.14. The molecule has 0 aliphatic carbocycles. The number of amides is 2. The molecule has 31 heavy (non-hydrogen) atoms. The van der Waals surface area contributed by atoms with Crippen molar-refractivity contribution in [2.45, 2.75) is 12.8 Å². The molecule has 2 aromatic carbocycles. The summed E-state index contributed by atoms with van der Waals surface area (Å²) in [7, 11) is 0. The Kier molecular flexibility index (Phi) is 7.03. The highest BCUT2D eigenvalue weighted by Crippen LogP contribution is 2.33. The second kappa shape index (κ2) is 9.71. The third kappa shape index (κ3) is 5.47. The van der Waals surface area contributed by atoms with Gasteiger partial charge in [-0.05, 0) is 36.8 Å². The van der Waals surface area contributed by atoms with E-state index in [1.54, 1.807) is 18.2 Å². The number of anilines is 1. The predicted molar refractivity (Wildman–Crippen MR) is 119 cm³/mol. The van der Waals surface area contributed by atoms with E-state index < -0.39 is 17.5 Å². The van der Waals surface area contributed by atoms with Crippen molar-refractivity contribution in [3.8, 4) is 5.75 Å². The Bertz CT molecular complexity index is 1100. The van der Waals surface area contributed by atoms with Crippen LogP contribution < -0.4 is 5.32 Å². The molecule has 7 nitrogen and oxygen atoms in total. The van der Waals surface area contributed by atoms with Crippen LogP contribution in [0.2, 0.25) is 0 Å². The molecule has 0 atom stereocenters. The van der Waals surface area contributed by atoms with E-state index in [0.717, 1.165) is 17.8 Å². The van der Waals surface area contributed by atoms with Crippen molar-refractivity contribution >= 4 is 57.8 Å². The fraction of sp³-hybridized carbons (Fsp3) is 0.143. The van der Waals surface area contributed by atoms with Crippen LogP contribution in [0.3, 0.4) is 0 Å². The molecule has 0 bridgehead atoms. The zero-order valence-electron chi connectivity index (χ0n) is 16.0. The first-order valence-electron chi connectivity index (χ1n) is 9.12. The van der Waals surface area contributed by atoms with Gasteiger partial charge < -0.3 is 15.5 Å². The molecule has 1 aliphatic rings. The predicted octanol–water partition coefficient (Wildman–Crippen LogP) is 3.85. The number of thiocarbonyl (C=S) groups is 1. The van der Waals surface area contributed by atoms with Gasteiger partial charge in [0.25, 0.3) is 5.91 Å². The smallest absolute Gasteiger partial charge is 0.339 e. The van der Waals surface area contributed by atoms with Gasteiger partial charge >= 0.3 is 5.97 Å². The largest absolute Gasteiger partial charge is 0.507 e. The Labute approximate surface area is 186 Å². The number of carboxylic acid groups (broad SMARTS) is 1. The molecular weight excluding hydrogens is 443 g/mol. The van der Waals surface area contributed by atoms with Gasteiger partial charge in [-0.2, -0.15) is 0 Å². The Morgan fingerprint density at radius 2 is 1.97 bits per heavy atom. The van der Waals surface area contributed by atoms with Crippen molar-refractivity contribution in [3.63, 3.8) is 0 Å². The zero-order valence-corrected chi connectivity index (χ0v) is 17.6. The van der Waals surface area contributed by atoms with Gasteiger partial charge in [-0.15, -0.1) is 0 Å². The number of phenols is 1. The number of rotatable bonds is 7. The highest BCUT2D eigenvalue weighted by atomic mass is 32.2. The van der Waals surface area contributed by atoms with E-state index in [-0.39, 0.29) is 41.6 Å². The quantitative estimate of drug-likeness (QED) is 0.327. The third-order valence-corrected chi connectivity index (χ3v) is 5.74. The number of hydrogen-bond acceptors (Lipinski definition) is 6. The Hall–Kier alpha value is -3.24. The topological polar surface area (TPSA) is 107 Å². The van der Waals surface area contributed by atoms with Gasteiger partial charge in [-0.25, -0.2) is 9.18 Å². The average Bonchev–Trinajstić information content (AvgIpc) is 2.98. The molecule has 1 fully saturated rings. The number of carboxylic acids is 1. The lowest BCUT2D eigenvalue weighted by atomic mass is 10.1. The lowest BCUT2D eigenvalue weighted by molar-refractivity contribution is -0.122. The second-order valence-electron chi connectivity index (χ2n) is 6.54. The molecule has 160 valence electrons. The number of halogens is 1. The van der Waals surface area contributed by atoms with Crippen LogP contribution >= 0.6 is 24.0 Å². The lowest BCUT2D eigenvalue weighted by Crippen LogP contribution is -2.29. The van der Waals surface area contributed by atoms with E-state index in [2.05, 4.69) is 5.32 Å². The minimum Gasteiger partial charge on any atom is -0.507 e. The number of carbonyl (C=O) groups is 3. The summed E-state index contributed by atoms with van der Waals surface area (Å²) < 4.78 is 14.2. The maximum atomic E-state index is 13.8. The molecule has 3 rings (SSSR count). The van der Waals surface area contributed by atoms with Crippen LogP contribution in [0.15, 0.2) is 47.4 Å². The van der Waals surface area contributed by atoms with Gasteiger partial charge in [0, 0.05) is 24.2 Å². The van der Waals surface area contributed by atoms with E-state index >= 15 is 0 Å². The minimum atomic E-state index is -1.31. The number of nitrogens with one attached hydrogen (secondary N) is 1. The van der Waals surface area contributed by atoms with E-state index in [1.807, 2.05) is 0 Å². The summed E-state index contributed by atoms with van der Waals surface area (Å²) >= 11 is 6.31. The van der Waals surface area contributed by atoms with Gasteiger partial charge in [0.15, 0.2) is 0 Å². The van der Waals surface area contributed by atoms with Crippen molar-refractivity contribution in [2.75, 3.05) is 11.9 Å². The van der Waals surface area contributed by atoms with Crippen LogP contribution in [0.25, 0.3) is 6.08 Å². The van der Waals surface area contributed by atoms with Gasteiger partial charge in [0.1, 0.15) is 21.5 Å². The second-order valence-corrected chi connectivity index (χ2v) is 8.22. The number of hydrogen-bond donors (Lipinski definition) is 3. The maximum absolute atomic E-state index is 13.8. The number of nitrogens with zero attached hydrogens (tertiary/aromatic N) is 1. The van der Waals surface area contributed by atoms with Crippen molar-refractivity contribution in [1.29, 1.82) is 0 Å². The van der Waals surface area contributed by atoms with Gasteiger partial charge in [-0.1, -0.05) is 42.2 Å². The van der Waals surface area contributed by atoms with E-state index in [0.29, 0.717) is 15.6 Å². The molecule has 0 unspecified atom stereocenters. The Morgan fingerprint density at radius 1 is 1.23 bits per heavy atom. The molecule has 2 aromatic rings. The first-order valence-corrected chi connectivity index (χ1v) is 10.3. The van der Waals surface area contributed by atoms with Crippen LogP contribution in [0.5, 0.6) is 5.75 Å².